The third-order valence-corrected chi connectivity index (χ3v) is 9.66. The molecule has 1 atom stereocenters. The third kappa shape index (κ3) is 6.22. The molecule has 0 saturated carbocycles. The number of aryl methyl sites for hydroxylation is 1. The molecule has 1 N–H and O–H groups in total. The first-order valence-electron chi connectivity index (χ1n) is 16.1. The van der Waals surface area contributed by atoms with Crippen LogP contribution in [-0.4, -0.2) is 95.6 Å². The maximum atomic E-state index is 14.7. The van der Waals surface area contributed by atoms with E-state index in [0.717, 1.165) is 67.6 Å². The monoisotopic (exact) mass is 645 g/mol. The van der Waals surface area contributed by atoms with E-state index < -0.39 is 17.7 Å². The average molecular weight is 646 g/mol. The zero-order chi connectivity index (χ0) is 32.7. The van der Waals surface area contributed by atoms with Crippen molar-refractivity contribution < 1.29 is 18.4 Å². The minimum absolute atomic E-state index is 0.223. The normalized spacial score (nSPS) is 19.4. The Kier molecular flexibility index (Phi) is 8.69. The lowest BCUT2D eigenvalue weighted by Gasteiger charge is -2.49. The van der Waals surface area contributed by atoms with Crippen LogP contribution < -0.4 is 20.0 Å². The highest BCUT2D eigenvalue weighted by molar-refractivity contribution is 5.85. The number of hydrogen-bond donors (Lipinski definition) is 1. The number of hydrogen-bond acceptors (Lipinski definition) is 10. The fraction of sp³-hybridized carbons (Fsp3) is 0.441. The number of nitrogens with zero attached hydrogens (tertiary/aromatic N) is 8. The first-order valence-corrected chi connectivity index (χ1v) is 16.1. The van der Waals surface area contributed by atoms with Crippen molar-refractivity contribution in [2.75, 3.05) is 69.3 Å². The highest BCUT2D eigenvalue weighted by atomic mass is 19.2. The Hall–Kier alpha value is -4.33. The van der Waals surface area contributed by atoms with Gasteiger partial charge in [0, 0.05) is 92.4 Å². The van der Waals surface area contributed by atoms with E-state index in [0.29, 0.717) is 42.5 Å². The Bertz CT molecular complexity index is 1720. The molecule has 47 heavy (non-hydrogen) atoms. The van der Waals surface area contributed by atoms with E-state index in [2.05, 4.69) is 61.3 Å². The number of methoxy groups -OCH3 is 1. The zero-order valence-electron chi connectivity index (χ0n) is 27.2. The van der Waals surface area contributed by atoms with Crippen molar-refractivity contribution in [3.8, 4) is 16.9 Å². The summed E-state index contributed by atoms with van der Waals surface area (Å²) in [5, 5.41) is 9.39. The van der Waals surface area contributed by atoms with E-state index in [-0.39, 0.29) is 5.56 Å². The summed E-state index contributed by atoms with van der Waals surface area (Å²) < 4.78 is 36.5. The highest BCUT2D eigenvalue weighted by Gasteiger charge is 2.36. The fourth-order valence-corrected chi connectivity index (χ4v) is 6.90. The summed E-state index contributed by atoms with van der Waals surface area (Å²) in [4.78, 5) is 22.1. The second-order valence-corrected chi connectivity index (χ2v) is 12.8. The summed E-state index contributed by atoms with van der Waals surface area (Å²) in [6.07, 6.45) is 8.02. The molecular formula is C34H41F2N9O2. The Balaban J connectivity index is 1.14. The number of anilines is 4. The van der Waals surface area contributed by atoms with Gasteiger partial charge >= 0.3 is 0 Å². The lowest BCUT2D eigenvalue weighted by atomic mass is 9.95. The van der Waals surface area contributed by atoms with Crippen molar-refractivity contribution in [3.63, 3.8) is 0 Å². The Morgan fingerprint density at radius 2 is 1.85 bits per heavy atom. The van der Waals surface area contributed by atoms with Crippen LogP contribution in [0, 0.1) is 11.6 Å². The third-order valence-electron chi connectivity index (χ3n) is 9.66. The van der Waals surface area contributed by atoms with Gasteiger partial charge in [-0.05, 0) is 39.1 Å². The summed E-state index contributed by atoms with van der Waals surface area (Å²) in [6, 6.07) is 10.8. The van der Waals surface area contributed by atoms with E-state index in [4.69, 9.17) is 9.57 Å². The molecule has 4 aromatic rings. The molecule has 3 aliphatic heterocycles. The van der Waals surface area contributed by atoms with Crippen LogP contribution in [0.1, 0.15) is 30.9 Å². The second kappa shape index (κ2) is 13.1. The van der Waals surface area contributed by atoms with Crippen LogP contribution in [0.25, 0.3) is 11.1 Å². The van der Waals surface area contributed by atoms with Gasteiger partial charge in [0.05, 0.1) is 31.6 Å². The number of piperidine rings is 1. The predicted molar refractivity (Wildman–Crippen MR) is 177 cm³/mol. The highest BCUT2D eigenvalue weighted by Crippen LogP contribution is 2.42. The molecule has 3 fully saturated rings. The molecule has 11 nitrogen and oxygen atoms in total. The van der Waals surface area contributed by atoms with Gasteiger partial charge in [0.15, 0.2) is 17.5 Å². The number of rotatable bonds is 9. The fourth-order valence-electron chi connectivity index (χ4n) is 6.90. The second-order valence-electron chi connectivity index (χ2n) is 12.8. The van der Waals surface area contributed by atoms with Gasteiger partial charge in [-0.1, -0.05) is 12.1 Å². The smallest absolute Gasteiger partial charge is 0.164 e. The first kappa shape index (κ1) is 31.3. The Morgan fingerprint density at radius 3 is 2.57 bits per heavy atom. The summed E-state index contributed by atoms with van der Waals surface area (Å²) >= 11 is 0. The maximum absolute atomic E-state index is 14.7. The average Bonchev–Trinajstić information content (AvgIpc) is 3.71. The van der Waals surface area contributed by atoms with Crippen LogP contribution >= 0.6 is 0 Å². The van der Waals surface area contributed by atoms with Crippen molar-refractivity contribution in [2.24, 2.45) is 7.05 Å². The number of likely N-dealkylation sites (tertiary alicyclic amines) is 1. The standard InChI is InChI=1S/C34H41F2N9O2/c1-41(2)24-19-44(20-24)23-8-11-43(12-9-23)30-15-31(46-4)28(14-26(30)22-17-39-42(3)18-22)40-32-16-33(38-21-37-32)45-29(10-13-47-45)25-6-5-7-27(35)34(25)36/h5-7,14-18,21,23-24,29H,8-13,19-20H2,1-4H3,(H,37,38,40)/t29-/m1/s1. The van der Waals surface area contributed by atoms with Gasteiger partial charge in [-0.25, -0.2) is 23.8 Å². The van der Waals surface area contributed by atoms with Gasteiger partial charge in [-0.3, -0.25) is 14.4 Å². The molecule has 0 aliphatic carbocycles. The van der Waals surface area contributed by atoms with Gasteiger partial charge in [-0.2, -0.15) is 5.10 Å². The maximum Gasteiger partial charge on any atom is 0.164 e. The number of nitrogens with one attached hydrogen (secondary N) is 1. The van der Waals surface area contributed by atoms with Gasteiger partial charge in [0.2, 0.25) is 0 Å². The molecular weight excluding hydrogens is 604 g/mol. The van der Waals surface area contributed by atoms with Crippen LogP contribution in [0.15, 0.2) is 55.1 Å². The number of halogens is 2. The molecule has 7 rings (SSSR count). The van der Waals surface area contributed by atoms with Crippen molar-refractivity contribution >= 4 is 23.0 Å². The molecule has 2 aromatic heterocycles. The van der Waals surface area contributed by atoms with Crippen molar-refractivity contribution in [1.29, 1.82) is 0 Å². The van der Waals surface area contributed by atoms with Crippen LogP contribution in [0.5, 0.6) is 5.75 Å². The lowest BCUT2D eigenvalue weighted by Crippen LogP contribution is -2.62. The Morgan fingerprint density at radius 1 is 1.04 bits per heavy atom. The van der Waals surface area contributed by atoms with Crippen molar-refractivity contribution in [1.82, 2.24) is 29.5 Å². The van der Waals surface area contributed by atoms with E-state index in [1.807, 2.05) is 19.4 Å². The van der Waals surface area contributed by atoms with Crippen LogP contribution in [-0.2, 0) is 11.9 Å². The van der Waals surface area contributed by atoms with E-state index >= 15 is 0 Å². The topological polar surface area (TPSA) is 87.1 Å². The predicted octanol–water partition coefficient (Wildman–Crippen LogP) is 5.01. The number of benzene rings is 2. The molecule has 3 saturated heterocycles. The number of likely N-dealkylation sites (N-methyl/N-ethyl adjacent to an activating group) is 1. The first-order chi connectivity index (χ1) is 22.8. The molecule has 0 unspecified atom stereocenters. The summed E-state index contributed by atoms with van der Waals surface area (Å²) in [7, 11) is 7.90. The van der Waals surface area contributed by atoms with Gasteiger partial charge in [0.1, 0.15) is 17.9 Å². The molecule has 0 bridgehead atoms. The van der Waals surface area contributed by atoms with Crippen molar-refractivity contribution in [3.05, 3.63) is 72.3 Å². The number of hydroxylamine groups is 1. The quantitative estimate of drug-likeness (QED) is 0.268. The summed E-state index contributed by atoms with van der Waals surface area (Å²) in [5.41, 5.74) is 4.08. The molecule has 0 spiro atoms. The number of aromatic nitrogens is 4. The van der Waals surface area contributed by atoms with Gasteiger partial charge in [0.25, 0.3) is 0 Å². The van der Waals surface area contributed by atoms with Crippen LogP contribution in [0.2, 0.25) is 0 Å². The Labute approximate surface area is 273 Å². The molecule has 0 radical (unpaired) electrons. The van der Waals surface area contributed by atoms with E-state index in [1.54, 1.807) is 23.9 Å². The van der Waals surface area contributed by atoms with Crippen LogP contribution in [0.3, 0.4) is 0 Å². The molecule has 2 aromatic carbocycles. The molecule has 248 valence electrons. The van der Waals surface area contributed by atoms with Gasteiger partial charge in [-0.15, -0.1) is 0 Å². The SMILES string of the molecule is COc1cc(N2CCC(N3CC(N(C)C)C3)CC2)c(-c2cnn(C)c2)cc1Nc1cc(N2OCC[C@@H]2c2cccc(F)c2F)ncn1. The zero-order valence-corrected chi connectivity index (χ0v) is 27.2. The molecule has 5 heterocycles. The molecule has 3 aliphatic rings. The van der Waals surface area contributed by atoms with E-state index in [9.17, 15) is 8.78 Å². The minimum Gasteiger partial charge on any atom is -0.494 e. The summed E-state index contributed by atoms with van der Waals surface area (Å²) in [6.45, 7) is 4.54. The summed E-state index contributed by atoms with van der Waals surface area (Å²) in [5.74, 6) is -0.171. The van der Waals surface area contributed by atoms with Crippen molar-refractivity contribution in [2.45, 2.75) is 37.4 Å². The lowest BCUT2D eigenvalue weighted by molar-refractivity contribution is 0.0188. The molecule has 0 amide bonds. The minimum atomic E-state index is -0.891. The molecule has 13 heteroatoms. The number of ether oxygens (including phenoxy) is 1. The largest absolute Gasteiger partial charge is 0.494 e. The van der Waals surface area contributed by atoms with Crippen LogP contribution in [0.4, 0.5) is 31.8 Å². The van der Waals surface area contributed by atoms with E-state index in [1.165, 1.54) is 17.5 Å². The van der Waals surface area contributed by atoms with Gasteiger partial charge < -0.3 is 19.9 Å².